The molecule has 0 atom stereocenters. The third kappa shape index (κ3) is 2.19. The van der Waals surface area contributed by atoms with Crippen molar-refractivity contribution in [2.75, 3.05) is 0 Å². The standard InChI is InChI=1S/C7H6O4.Li/c8-4-1-2-5(7(10)11)6(9)3-4;/h1-3,8-9H,(H,10,11);/q;+1/p-1. The van der Waals surface area contributed by atoms with Crippen LogP contribution in [0.2, 0.25) is 0 Å². The molecular formula is C7H5LiO4. The number of carbonyl (C=O) groups is 1. The Morgan fingerprint density at radius 3 is 2.33 bits per heavy atom. The molecule has 1 aromatic carbocycles. The molecule has 12 heavy (non-hydrogen) atoms. The fourth-order valence-electron chi connectivity index (χ4n) is 0.693. The molecular weight excluding hydrogens is 155 g/mol. The zero-order chi connectivity index (χ0) is 8.43. The monoisotopic (exact) mass is 160 g/mol. The second kappa shape index (κ2) is 4.05. The van der Waals surface area contributed by atoms with E-state index in [9.17, 15) is 9.90 Å². The summed E-state index contributed by atoms with van der Waals surface area (Å²) in [6.07, 6.45) is 0. The van der Waals surface area contributed by atoms with Crippen LogP contribution in [0.4, 0.5) is 0 Å². The molecule has 0 aliphatic heterocycles. The first kappa shape index (κ1) is 10.9. The Morgan fingerprint density at radius 2 is 1.92 bits per heavy atom. The number of rotatable bonds is 1. The predicted octanol–water partition coefficient (Wildman–Crippen LogP) is -3.53. The van der Waals surface area contributed by atoms with Gasteiger partial charge < -0.3 is 20.1 Å². The number of aromatic carboxylic acids is 1. The summed E-state index contributed by atoms with van der Waals surface area (Å²) in [5.74, 6) is -2.15. The summed E-state index contributed by atoms with van der Waals surface area (Å²) in [7, 11) is 0. The van der Waals surface area contributed by atoms with E-state index < -0.39 is 11.7 Å². The van der Waals surface area contributed by atoms with Crippen molar-refractivity contribution in [1.29, 1.82) is 0 Å². The molecule has 5 heteroatoms. The maximum absolute atomic E-state index is 10.2. The topological polar surface area (TPSA) is 80.6 Å². The normalized spacial score (nSPS) is 8.67. The molecule has 2 N–H and O–H groups in total. The number of carbonyl (C=O) groups excluding carboxylic acids is 1. The smallest absolute Gasteiger partial charge is 0.545 e. The summed E-state index contributed by atoms with van der Waals surface area (Å²) in [4.78, 5) is 10.2. The number of phenolic OH excluding ortho intramolecular Hbond substituents is 1. The van der Waals surface area contributed by atoms with Gasteiger partial charge in [0.15, 0.2) is 0 Å². The molecule has 58 valence electrons. The third-order valence-corrected chi connectivity index (χ3v) is 1.20. The SMILES string of the molecule is O=C([O-])c1ccc(O)cc1O.[Li+]. The molecule has 4 nitrogen and oxygen atoms in total. The Hall–Kier alpha value is -1.11. The zero-order valence-electron chi connectivity index (χ0n) is 6.44. The fraction of sp³-hybridized carbons (Fsp3) is 0. The Morgan fingerprint density at radius 1 is 1.33 bits per heavy atom. The van der Waals surface area contributed by atoms with Gasteiger partial charge in [0.1, 0.15) is 11.5 Å². The van der Waals surface area contributed by atoms with Crippen molar-refractivity contribution >= 4 is 5.97 Å². The number of hydrogen-bond acceptors (Lipinski definition) is 4. The van der Waals surface area contributed by atoms with Gasteiger partial charge in [0, 0.05) is 11.6 Å². The van der Waals surface area contributed by atoms with Crippen LogP contribution in [0.3, 0.4) is 0 Å². The molecule has 0 heterocycles. The molecule has 0 spiro atoms. The van der Waals surface area contributed by atoms with Gasteiger partial charge in [0.05, 0.1) is 5.97 Å². The molecule has 0 aromatic heterocycles. The summed E-state index contributed by atoms with van der Waals surface area (Å²) < 4.78 is 0. The molecule has 0 unspecified atom stereocenters. The average Bonchev–Trinajstić information content (AvgIpc) is 1.85. The van der Waals surface area contributed by atoms with Crippen LogP contribution in [-0.4, -0.2) is 16.2 Å². The summed E-state index contributed by atoms with van der Waals surface area (Å²) in [5.41, 5.74) is -0.331. The molecule has 0 fully saturated rings. The minimum Gasteiger partial charge on any atom is -0.545 e. The Bertz CT molecular complexity index is 297. The van der Waals surface area contributed by atoms with Gasteiger partial charge in [-0.1, -0.05) is 0 Å². The van der Waals surface area contributed by atoms with Crippen LogP contribution < -0.4 is 24.0 Å². The summed E-state index contributed by atoms with van der Waals surface area (Å²) in [5, 5.41) is 27.8. The van der Waals surface area contributed by atoms with Gasteiger partial charge in [-0.05, 0) is 12.1 Å². The first-order chi connectivity index (χ1) is 5.11. The fourth-order valence-corrected chi connectivity index (χ4v) is 0.693. The molecule has 1 aromatic rings. The largest absolute Gasteiger partial charge is 1.00 e. The van der Waals surface area contributed by atoms with E-state index >= 15 is 0 Å². The molecule has 1 rings (SSSR count). The van der Waals surface area contributed by atoms with Gasteiger partial charge in [-0.2, -0.15) is 0 Å². The molecule has 0 radical (unpaired) electrons. The molecule has 0 bridgehead atoms. The number of aromatic hydroxyl groups is 2. The van der Waals surface area contributed by atoms with Gasteiger partial charge >= 0.3 is 18.9 Å². The van der Waals surface area contributed by atoms with E-state index in [1.807, 2.05) is 0 Å². The van der Waals surface area contributed by atoms with Crippen molar-refractivity contribution in [3.63, 3.8) is 0 Å². The minimum atomic E-state index is -1.47. The average molecular weight is 160 g/mol. The van der Waals surface area contributed by atoms with Crippen molar-refractivity contribution in [3.8, 4) is 11.5 Å². The summed E-state index contributed by atoms with van der Waals surface area (Å²) in [6.45, 7) is 0. The van der Waals surface area contributed by atoms with Crippen molar-refractivity contribution in [1.82, 2.24) is 0 Å². The molecule has 0 aliphatic carbocycles. The Kier molecular flexibility index (Phi) is 3.67. The summed E-state index contributed by atoms with van der Waals surface area (Å²) >= 11 is 0. The molecule has 0 saturated heterocycles. The number of carboxylic acid groups (broad SMARTS) is 1. The summed E-state index contributed by atoms with van der Waals surface area (Å²) in [6, 6.07) is 3.16. The van der Waals surface area contributed by atoms with Crippen LogP contribution >= 0.6 is 0 Å². The van der Waals surface area contributed by atoms with Crippen LogP contribution in [0.1, 0.15) is 10.4 Å². The first-order valence-corrected chi connectivity index (χ1v) is 2.84. The quantitative estimate of drug-likeness (QED) is 0.417. The van der Waals surface area contributed by atoms with E-state index in [0.29, 0.717) is 0 Å². The number of hydrogen-bond donors (Lipinski definition) is 2. The van der Waals surface area contributed by atoms with Gasteiger partial charge in [-0.3, -0.25) is 0 Å². The van der Waals surface area contributed by atoms with Gasteiger partial charge in [-0.15, -0.1) is 0 Å². The van der Waals surface area contributed by atoms with Gasteiger partial charge in [0.25, 0.3) is 0 Å². The van der Waals surface area contributed by atoms with E-state index in [4.69, 9.17) is 10.2 Å². The Balaban J connectivity index is 0.00000121. The van der Waals surface area contributed by atoms with Crippen LogP contribution in [-0.2, 0) is 0 Å². The van der Waals surface area contributed by atoms with E-state index in [1.165, 1.54) is 0 Å². The van der Waals surface area contributed by atoms with E-state index in [-0.39, 0.29) is 30.2 Å². The molecule has 0 saturated carbocycles. The van der Waals surface area contributed by atoms with Crippen LogP contribution in [0.15, 0.2) is 18.2 Å². The predicted molar refractivity (Wildman–Crippen MR) is 34.1 cm³/mol. The van der Waals surface area contributed by atoms with Crippen molar-refractivity contribution in [2.45, 2.75) is 0 Å². The zero-order valence-corrected chi connectivity index (χ0v) is 6.44. The van der Waals surface area contributed by atoms with Crippen LogP contribution in [0, 0.1) is 0 Å². The van der Waals surface area contributed by atoms with Crippen molar-refractivity contribution in [3.05, 3.63) is 23.8 Å². The third-order valence-electron chi connectivity index (χ3n) is 1.20. The van der Waals surface area contributed by atoms with Crippen molar-refractivity contribution < 1.29 is 39.0 Å². The Labute approximate surface area is 80.6 Å². The van der Waals surface area contributed by atoms with E-state index in [2.05, 4.69) is 0 Å². The van der Waals surface area contributed by atoms with Gasteiger partial charge in [0.2, 0.25) is 0 Å². The number of phenols is 2. The second-order valence-electron chi connectivity index (χ2n) is 1.99. The number of benzene rings is 1. The van der Waals surface area contributed by atoms with E-state index in [0.717, 1.165) is 18.2 Å². The molecule has 0 aliphatic rings. The van der Waals surface area contributed by atoms with Crippen molar-refractivity contribution in [2.24, 2.45) is 0 Å². The minimum absolute atomic E-state index is 0. The maximum atomic E-state index is 10.2. The number of carboxylic acids is 1. The van der Waals surface area contributed by atoms with Gasteiger partial charge in [-0.25, -0.2) is 0 Å². The van der Waals surface area contributed by atoms with Crippen LogP contribution in [0.5, 0.6) is 11.5 Å². The molecule has 0 amide bonds. The van der Waals surface area contributed by atoms with E-state index in [1.54, 1.807) is 0 Å². The van der Waals surface area contributed by atoms with Crippen LogP contribution in [0.25, 0.3) is 0 Å². The maximum Gasteiger partial charge on any atom is 1.00 e. The first-order valence-electron chi connectivity index (χ1n) is 2.84. The second-order valence-corrected chi connectivity index (χ2v) is 1.99.